The molecule has 18 atom stereocenters. The van der Waals surface area contributed by atoms with Crippen LogP contribution < -0.4 is 15.9 Å². The van der Waals surface area contributed by atoms with E-state index in [1.54, 1.807) is 53.4 Å². The van der Waals surface area contributed by atoms with Crippen LogP contribution in [0.25, 0.3) is 0 Å². The minimum absolute atomic E-state index is 0.0671. The van der Waals surface area contributed by atoms with Crippen molar-refractivity contribution < 1.29 is 63.5 Å². The summed E-state index contributed by atoms with van der Waals surface area (Å²) in [6.45, 7) is 17.4. The number of esters is 1. The summed E-state index contributed by atoms with van der Waals surface area (Å²) in [5, 5.41) is 64.4. The summed E-state index contributed by atoms with van der Waals surface area (Å²) in [4.78, 5) is 32.8. The molecule has 0 radical (unpaired) electrons. The lowest BCUT2D eigenvalue weighted by Crippen LogP contribution is -2.60. The van der Waals surface area contributed by atoms with Crippen LogP contribution in [0.2, 0.25) is 0 Å². The Labute approximate surface area is 473 Å². The number of unbranched alkanes of at least 4 members (excludes halogenated alkanes) is 4. The lowest BCUT2D eigenvalue weighted by molar-refractivity contribution is -0.318. The highest BCUT2D eigenvalue weighted by Gasteiger charge is 2.53. The minimum Gasteiger partial charge on any atom is -0.459 e. The van der Waals surface area contributed by atoms with Gasteiger partial charge in [0.2, 0.25) is 5.91 Å². The molecule has 3 aliphatic heterocycles. The summed E-state index contributed by atoms with van der Waals surface area (Å²) < 4.78 is 38.2. The molecular formula is C63H97N2O13P. The number of amides is 1. The van der Waals surface area contributed by atoms with Crippen LogP contribution >= 0.6 is 7.92 Å². The molecule has 5 N–H and O–H groups in total. The number of aliphatic hydroxyl groups is 5. The smallest absolute Gasteiger partial charge is 0.311 e. The van der Waals surface area contributed by atoms with Gasteiger partial charge in [-0.3, -0.25) is 9.59 Å². The molecule has 3 fully saturated rings. The van der Waals surface area contributed by atoms with E-state index in [0.717, 1.165) is 32.1 Å². The molecule has 16 heteroatoms. The number of likely N-dealkylation sites (N-methyl/N-ethyl adjacent to an activating group) is 1. The summed E-state index contributed by atoms with van der Waals surface area (Å²) in [5.74, 6) is -3.30. The third-order valence-corrected chi connectivity index (χ3v) is 19.7. The highest BCUT2D eigenvalue weighted by molar-refractivity contribution is 7.79. The molecule has 3 aromatic carbocycles. The normalized spacial score (nSPS) is 36.4. The number of cyclic esters (lactones) is 1. The molecule has 0 unspecified atom stereocenters. The fourth-order valence-electron chi connectivity index (χ4n) is 12.6. The molecular weight excluding hydrogens is 1020 g/mol. The quantitative estimate of drug-likeness (QED) is 0.0490. The van der Waals surface area contributed by atoms with Gasteiger partial charge in [-0.1, -0.05) is 125 Å². The molecule has 79 heavy (non-hydrogen) atoms. The average molecular weight is 1120 g/mol. The maximum absolute atomic E-state index is 14.7. The van der Waals surface area contributed by atoms with Crippen molar-refractivity contribution in [2.45, 2.75) is 230 Å². The molecule has 3 aromatic rings. The van der Waals surface area contributed by atoms with E-state index in [-0.39, 0.29) is 50.3 Å². The maximum atomic E-state index is 14.7. The van der Waals surface area contributed by atoms with Crippen LogP contribution in [0.5, 0.6) is 0 Å². The second kappa shape index (κ2) is 28.7. The van der Waals surface area contributed by atoms with Gasteiger partial charge < -0.3 is 63.8 Å². The van der Waals surface area contributed by atoms with Crippen LogP contribution in [0.1, 0.15) is 139 Å². The first kappa shape index (κ1) is 64.8. The molecule has 1 amide bonds. The van der Waals surface area contributed by atoms with Crippen molar-refractivity contribution in [2.75, 3.05) is 27.7 Å². The summed E-state index contributed by atoms with van der Waals surface area (Å²) in [6.07, 6.45) is -3.96. The standard InChI is InChI=1S/C63H97N2O13P/c1-14-51-63(10,72)56(68)44(6)65(52(66)34-25-17-15-16-20-27-46-28-26-33-49(36-46)79(47-29-21-18-22-30-47)48-31-23-19-24-32-48)39-40(2)37-61(8,71)58(78-60-54(67)50(64(11)12)35-41(3)74-60)42(4)55(43(5)59(70)76-51)77-53-38-62(9,73-13)57(69)45(7)75-53/h18-19,21-24,26,28-33,36,40-45,50-51,53-58,60,67-69,71-72H,14-17,20,25,27,34-35,37-39H2,1-13H3/t40-,41-,42+,43-,44-,45+,50+,51-,53+,54-,55+,56-,57+,58-,60+,61-,62-,63-/m1/s1. The van der Waals surface area contributed by atoms with E-state index in [2.05, 4.69) is 84.9 Å². The number of aliphatic hydroxyl groups excluding tert-OH is 3. The largest absolute Gasteiger partial charge is 0.459 e. The molecule has 0 bridgehead atoms. The van der Waals surface area contributed by atoms with E-state index < -0.39 is 110 Å². The highest BCUT2D eigenvalue weighted by atomic mass is 31.1. The first-order chi connectivity index (χ1) is 37.3. The van der Waals surface area contributed by atoms with Crippen LogP contribution in [-0.2, 0) is 44.4 Å². The molecule has 15 nitrogen and oxygen atoms in total. The fourth-order valence-corrected chi connectivity index (χ4v) is 14.9. The number of benzene rings is 3. The molecule has 3 heterocycles. The van der Waals surface area contributed by atoms with E-state index in [4.69, 9.17) is 28.4 Å². The Hall–Kier alpha value is -3.41. The Morgan fingerprint density at radius 3 is 2.00 bits per heavy atom. The van der Waals surface area contributed by atoms with Crippen molar-refractivity contribution in [1.82, 2.24) is 9.80 Å². The van der Waals surface area contributed by atoms with Gasteiger partial charge in [0.25, 0.3) is 0 Å². The van der Waals surface area contributed by atoms with Crippen LogP contribution in [0, 0.1) is 17.8 Å². The third kappa shape index (κ3) is 16.2. The first-order valence-corrected chi connectivity index (χ1v) is 30.5. The van der Waals surface area contributed by atoms with E-state index in [9.17, 15) is 35.1 Å². The van der Waals surface area contributed by atoms with Crippen molar-refractivity contribution in [3.8, 4) is 0 Å². The molecule has 3 saturated heterocycles. The fraction of sp³-hybridized carbons (Fsp3) is 0.683. The van der Waals surface area contributed by atoms with E-state index in [1.807, 2.05) is 32.8 Å². The minimum atomic E-state index is -2.01. The number of hydrogen-bond donors (Lipinski definition) is 5. The van der Waals surface area contributed by atoms with Gasteiger partial charge in [-0.15, -0.1) is 0 Å². The van der Waals surface area contributed by atoms with Gasteiger partial charge in [-0.2, -0.15) is 0 Å². The number of rotatable bonds is 18. The first-order valence-electron chi connectivity index (χ1n) is 29.1. The number of carbonyl (C=O) groups excluding carboxylic acids is 2. The molecule has 6 rings (SSSR count). The molecule has 0 saturated carbocycles. The number of aryl methyl sites for hydroxylation is 1. The Balaban J connectivity index is 1.21. The Kier molecular flexibility index (Phi) is 23.5. The molecule has 3 aliphatic rings. The van der Waals surface area contributed by atoms with Gasteiger partial charge in [0.05, 0.1) is 47.6 Å². The van der Waals surface area contributed by atoms with Crippen LogP contribution in [0.4, 0.5) is 0 Å². The van der Waals surface area contributed by atoms with E-state index in [0.29, 0.717) is 12.8 Å². The summed E-state index contributed by atoms with van der Waals surface area (Å²) in [7, 11) is 4.56. The number of nitrogens with zero attached hydrogens (tertiary/aromatic N) is 2. The van der Waals surface area contributed by atoms with Crippen molar-refractivity contribution in [3.63, 3.8) is 0 Å². The topological polar surface area (TPSA) is 197 Å². The summed E-state index contributed by atoms with van der Waals surface area (Å²) in [6, 6.07) is 29.2. The average Bonchev–Trinajstić information content (AvgIpc) is 3.46. The Morgan fingerprint density at radius 2 is 1.39 bits per heavy atom. The number of methoxy groups -OCH3 is 1. The lowest BCUT2D eigenvalue weighted by Gasteiger charge is -2.48. The van der Waals surface area contributed by atoms with E-state index >= 15 is 0 Å². The predicted octanol–water partition coefficient (Wildman–Crippen LogP) is 7.14. The number of ether oxygens (including phenoxy) is 6. The zero-order chi connectivity index (χ0) is 58.0. The van der Waals surface area contributed by atoms with Crippen molar-refractivity contribution >= 4 is 35.7 Å². The molecule has 0 spiro atoms. The second-order valence-corrected chi connectivity index (χ2v) is 26.4. The second-order valence-electron chi connectivity index (χ2n) is 24.2. The van der Waals surface area contributed by atoms with Gasteiger partial charge in [0, 0.05) is 38.5 Å². The third-order valence-electron chi connectivity index (χ3n) is 17.3. The molecule has 442 valence electrons. The summed E-state index contributed by atoms with van der Waals surface area (Å²) >= 11 is 0. The van der Waals surface area contributed by atoms with Gasteiger partial charge in [0.1, 0.15) is 30.0 Å². The van der Waals surface area contributed by atoms with Crippen LogP contribution in [0.3, 0.4) is 0 Å². The van der Waals surface area contributed by atoms with Crippen molar-refractivity contribution in [2.24, 2.45) is 17.8 Å². The van der Waals surface area contributed by atoms with Gasteiger partial charge in [-0.05, 0) is 136 Å². The molecule has 0 aromatic heterocycles. The maximum Gasteiger partial charge on any atom is 0.311 e. The van der Waals surface area contributed by atoms with Gasteiger partial charge >= 0.3 is 5.97 Å². The zero-order valence-electron chi connectivity index (χ0n) is 49.6. The number of carbonyl (C=O) groups is 2. The monoisotopic (exact) mass is 1120 g/mol. The predicted molar refractivity (Wildman–Crippen MR) is 310 cm³/mol. The van der Waals surface area contributed by atoms with Crippen molar-refractivity contribution in [3.05, 3.63) is 90.5 Å². The van der Waals surface area contributed by atoms with Crippen LogP contribution in [0.15, 0.2) is 84.9 Å². The zero-order valence-corrected chi connectivity index (χ0v) is 50.5. The SMILES string of the molecule is CC[C@H]1OC(=O)[C@H](C)[C@@H](O[C@H]2C[C@@](C)(OC)[C@@H](O)[C@H](C)O2)[C@H](C)[C@@H](O[C@@H]2O[C@H](C)C[C@H](N(C)C)[C@H]2O)[C@](C)(O)C[C@@H](C)CN(C(=O)CCCCCCCc2cccc(P(c3ccccc3)c3ccccc3)c2)[C@H](C)[C@@H](O)[C@]1(C)O. The van der Waals surface area contributed by atoms with Crippen LogP contribution in [-0.4, -0.2) is 165 Å². The Morgan fingerprint density at radius 1 is 0.785 bits per heavy atom. The molecule has 0 aliphatic carbocycles. The Bertz CT molecular complexity index is 2310. The van der Waals surface area contributed by atoms with Gasteiger partial charge in [0.15, 0.2) is 12.6 Å². The number of hydrogen-bond acceptors (Lipinski definition) is 14. The summed E-state index contributed by atoms with van der Waals surface area (Å²) in [5.41, 5.74) is -3.50. The van der Waals surface area contributed by atoms with E-state index in [1.165, 1.54) is 35.5 Å². The lowest BCUT2D eigenvalue weighted by atomic mass is 9.77. The highest BCUT2D eigenvalue weighted by Crippen LogP contribution is 2.41. The van der Waals surface area contributed by atoms with Crippen molar-refractivity contribution in [1.29, 1.82) is 0 Å². The van der Waals surface area contributed by atoms with Gasteiger partial charge in [-0.25, -0.2) is 0 Å².